The van der Waals surface area contributed by atoms with Crippen LogP contribution in [0.2, 0.25) is 0 Å². The number of hydrogen-bond acceptors (Lipinski definition) is 2. The van der Waals surface area contributed by atoms with E-state index in [-0.39, 0.29) is 0 Å². The van der Waals surface area contributed by atoms with E-state index in [0.717, 1.165) is 13.0 Å². The molecule has 0 bridgehead atoms. The maximum Gasteiger partial charge on any atom is 0.0192 e. The van der Waals surface area contributed by atoms with Gasteiger partial charge < -0.3 is 5.73 Å². The number of nitrogens with two attached hydrogens (primary N) is 1. The van der Waals surface area contributed by atoms with Crippen molar-refractivity contribution in [1.82, 2.24) is 0 Å². The fourth-order valence-corrected chi connectivity index (χ4v) is 1.07. The highest BCUT2D eigenvalue weighted by atomic mass is 14.7. The second-order valence-electron chi connectivity index (χ2n) is 3.10. The van der Waals surface area contributed by atoms with E-state index in [4.69, 9.17) is 5.73 Å². The van der Waals surface area contributed by atoms with Crippen LogP contribution in [-0.4, -0.2) is 12.8 Å². The van der Waals surface area contributed by atoms with Crippen LogP contribution in [0.3, 0.4) is 0 Å². The Kier molecular flexibility index (Phi) is 8.02. The summed E-state index contributed by atoms with van der Waals surface area (Å²) in [6.07, 6.45) is 8.37. The molecule has 0 fully saturated rings. The molecule has 0 aliphatic heterocycles. The fourth-order valence-electron chi connectivity index (χ4n) is 1.07. The zero-order valence-corrected chi connectivity index (χ0v) is 8.00. The van der Waals surface area contributed by atoms with E-state index in [1.165, 1.54) is 19.3 Å². The van der Waals surface area contributed by atoms with Gasteiger partial charge in [-0.2, -0.15) is 0 Å². The van der Waals surface area contributed by atoms with E-state index in [1.807, 2.05) is 6.21 Å². The lowest BCUT2D eigenvalue weighted by Crippen LogP contribution is -1.99. The van der Waals surface area contributed by atoms with Gasteiger partial charge in [0.15, 0.2) is 0 Å². The summed E-state index contributed by atoms with van der Waals surface area (Å²) in [5.41, 5.74) is 5.39. The minimum atomic E-state index is 0.570. The van der Waals surface area contributed by atoms with Crippen molar-refractivity contribution >= 4 is 6.21 Å². The van der Waals surface area contributed by atoms with Gasteiger partial charge in [-0.15, -0.1) is 0 Å². The second kappa shape index (κ2) is 8.47. The molecule has 70 valence electrons. The van der Waals surface area contributed by atoms with Gasteiger partial charge in [0.1, 0.15) is 0 Å². The molecular weight excluding hydrogens is 148 g/mol. The van der Waals surface area contributed by atoms with Crippen molar-refractivity contribution in [1.29, 1.82) is 0 Å². The third-order valence-corrected chi connectivity index (χ3v) is 1.81. The summed E-state index contributed by atoms with van der Waals surface area (Å²) in [6.45, 7) is 6.52. The fraction of sp³-hybridized carbons (Fsp3) is 0.700. The minimum Gasteiger partial charge on any atom is -0.330 e. The highest BCUT2D eigenvalue weighted by Gasteiger charge is 1.96. The first-order valence-corrected chi connectivity index (χ1v) is 4.65. The van der Waals surface area contributed by atoms with Crippen LogP contribution in [-0.2, 0) is 0 Å². The van der Waals surface area contributed by atoms with Gasteiger partial charge in [0.05, 0.1) is 0 Å². The van der Waals surface area contributed by atoms with Crippen LogP contribution in [0.15, 0.2) is 17.8 Å². The van der Waals surface area contributed by atoms with Crippen molar-refractivity contribution in [2.45, 2.75) is 32.6 Å². The molecule has 0 rings (SSSR count). The third-order valence-electron chi connectivity index (χ3n) is 1.81. The molecule has 0 amide bonds. The molecule has 2 N–H and O–H groups in total. The van der Waals surface area contributed by atoms with Crippen molar-refractivity contribution in [3.63, 3.8) is 0 Å². The summed E-state index contributed by atoms with van der Waals surface area (Å²) in [4.78, 5) is 3.98. The molecule has 0 aromatic heterocycles. The number of hydrogen-bond donors (Lipinski definition) is 1. The molecule has 0 saturated carbocycles. The first-order chi connectivity index (χ1) is 5.81. The van der Waals surface area contributed by atoms with Gasteiger partial charge in [-0.1, -0.05) is 26.3 Å². The highest BCUT2D eigenvalue weighted by Crippen LogP contribution is 2.06. The van der Waals surface area contributed by atoms with Crippen molar-refractivity contribution < 1.29 is 0 Å². The van der Waals surface area contributed by atoms with Crippen LogP contribution in [0.5, 0.6) is 0 Å². The maximum absolute atomic E-state index is 5.39. The van der Waals surface area contributed by atoms with E-state index in [9.17, 15) is 0 Å². The van der Waals surface area contributed by atoms with Crippen molar-refractivity contribution in [3.8, 4) is 0 Å². The Hall–Kier alpha value is -0.630. The lowest BCUT2D eigenvalue weighted by Gasteiger charge is -2.03. The SMILES string of the molecule is C=C/N=C\C(C)CCCCCN. The van der Waals surface area contributed by atoms with Gasteiger partial charge in [0, 0.05) is 12.4 Å². The first kappa shape index (κ1) is 11.4. The van der Waals surface area contributed by atoms with Gasteiger partial charge in [-0.05, 0) is 25.3 Å². The van der Waals surface area contributed by atoms with E-state index >= 15 is 0 Å². The Bertz CT molecular complexity index is 130. The highest BCUT2D eigenvalue weighted by molar-refractivity contribution is 5.60. The molecule has 0 spiro atoms. The molecule has 2 nitrogen and oxygen atoms in total. The predicted octanol–water partition coefficient (Wildman–Crippen LogP) is 2.36. The van der Waals surface area contributed by atoms with E-state index < -0.39 is 0 Å². The number of rotatable bonds is 7. The maximum atomic E-state index is 5.39. The predicted molar refractivity (Wildman–Crippen MR) is 55.4 cm³/mol. The number of nitrogens with zero attached hydrogens (tertiary/aromatic N) is 1. The lowest BCUT2D eigenvalue weighted by atomic mass is 10.0. The summed E-state index contributed by atoms with van der Waals surface area (Å²) in [5.74, 6) is 0.570. The Morgan fingerprint density at radius 2 is 2.17 bits per heavy atom. The monoisotopic (exact) mass is 168 g/mol. The molecule has 2 heteroatoms. The van der Waals surface area contributed by atoms with Crippen LogP contribution in [0.1, 0.15) is 32.6 Å². The molecule has 0 aromatic carbocycles. The molecule has 12 heavy (non-hydrogen) atoms. The van der Waals surface area contributed by atoms with Gasteiger partial charge in [-0.3, -0.25) is 4.99 Å². The summed E-state index contributed by atoms with van der Waals surface area (Å²) in [5, 5.41) is 0. The summed E-state index contributed by atoms with van der Waals surface area (Å²) in [6, 6.07) is 0. The number of unbranched alkanes of at least 4 members (excludes halogenated alkanes) is 2. The van der Waals surface area contributed by atoms with Gasteiger partial charge in [0.25, 0.3) is 0 Å². The van der Waals surface area contributed by atoms with Crippen LogP contribution in [0.4, 0.5) is 0 Å². The van der Waals surface area contributed by atoms with Crippen LogP contribution >= 0.6 is 0 Å². The second-order valence-corrected chi connectivity index (χ2v) is 3.10. The zero-order chi connectivity index (χ0) is 9.23. The normalized spacial score (nSPS) is 13.5. The summed E-state index contributed by atoms with van der Waals surface area (Å²) in [7, 11) is 0. The molecule has 1 unspecified atom stereocenters. The van der Waals surface area contributed by atoms with E-state index in [0.29, 0.717) is 5.92 Å². The van der Waals surface area contributed by atoms with Crippen LogP contribution < -0.4 is 5.73 Å². The van der Waals surface area contributed by atoms with Crippen molar-refractivity contribution in [3.05, 3.63) is 12.8 Å². The Balaban J connectivity index is 3.24. The summed E-state index contributed by atoms with van der Waals surface area (Å²) >= 11 is 0. The van der Waals surface area contributed by atoms with Crippen LogP contribution in [0.25, 0.3) is 0 Å². The van der Waals surface area contributed by atoms with Crippen LogP contribution in [0, 0.1) is 5.92 Å². The zero-order valence-electron chi connectivity index (χ0n) is 8.00. The average molecular weight is 168 g/mol. The average Bonchev–Trinajstić information content (AvgIpc) is 2.09. The Labute approximate surface area is 75.6 Å². The molecule has 0 aliphatic carbocycles. The molecule has 0 aliphatic rings. The molecule has 0 radical (unpaired) electrons. The minimum absolute atomic E-state index is 0.570. The quantitative estimate of drug-likeness (QED) is 0.460. The molecule has 0 aromatic rings. The summed E-state index contributed by atoms with van der Waals surface area (Å²) < 4.78 is 0. The van der Waals surface area contributed by atoms with Gasteiger partial charge in [0.2, 0.25) is 0 Å². The third kappa shape index (κ3) is 7.48. The first-order valence-electron chi connectivity index (χ1n) is 4.65. The van der Waals surface area contributed by atoms with E-state index in [2.05, 4.69) is 18.5 Å². The standard InChI is InChI=1S/C10H20N2/c1-3-12-9-10(2)7-5-4-6-8-11/h3,9-10H,1,4-8,11H2,2H3/b12-9-. The number of aliphatic imine (C=N–C) groups is 1. The Morgan fingerprint density at radius 1 is 1.42 bits per heavy atom. The molecule has 0 saturated heterocycles. The largest absolute Gasteiger partial charge is 0.330 e. The topological polar surface area (TPSA) is 38.4 Å². The molecule has 1 atom stereocenters. The Morgan fingerprint density at radius 3 is 2.75 bits per heavy atom. The van der Waals surface area contributed by atoms with Gasteiger partial charge in [-0.25, -0.2) is 0 Å². The van der Waals surface area contributed by atoms with Crippen molar-refractivity contribution in [2.24, 2.45) is 16.6 Å². The molecule has 0 heterocycles. The smallest absolute Gasteiger partial charge is 0.0192 e. The van der Waals surface area contributed by atoms with Gasteiger partial charge >= 0.3 is 0 Å². The van der Waals surface area contributed by atoms with E-state index in [1.54, 1.807) is 6.20 Å². The molecular formula is C10H20N2. The van der Waals surface area contributed by atoms with Crippen molar-refractivity contribution in [2.75, 3.05) is 6.54 Å². The lowest BCUT2D eigenvalue weighted by molar-refractivity contribution is 0.593.